The SMILES string of the molecule is CCC1NCCC1(C)c1cccc(C)c1. The third-order valence-corrected chi connectivity index (χ3v) is 3.89. The average molecular weight is 203 g/mol. The van der Waals surface area contributed by atoms with Gasteiger partial charge in [-0.15, -0.1) is 0 Å². The zero-order valence-electron chi connectivity index (χ0n) is 10.0. The largest absolute Gasteiger partial charge is 0.313 e. The molecule has 1 aliphatic rings. The van der Waals surface area contributed by atoms with Crippen molar-refractivity contribution < 1.29 is 0 Å². The monoisotopic (exact) mass is 203 g/mol. The topological polar surface area (TPSA) is 12.0 Å². The lowest BCUT2D eigenvalue weighted by molar-refractivity contribution is 0.392. The van der Waals surface area contributed by atoms with Crippen LogP contribution in [-0.2, 0) is 5.41 Å². The first-order valence-corrected chi connectivity index (χ1v) is 5.97. The molecule has 1 N–H and O–H groups in total. The number of hydrogen-bond donors (Lipinski definition) is 1. The van der Waals surface area contributed by atoms with Crippen molar-refractivity contribution in [2.45, 2.75) is 45.1 Å². The first-order valence-electron chi connectivity index (χ1n) is 5.97. The summed E-state index contributed by atoms with van der Waals surface area (Å²) < 4.78 is 0. The molecule has 2 atom stereocenters. The van der Waals surface area contributed by atoms with Crippen LogP contribution in [0.1, 0.15) is 37.8 Å². The molecule has 1 fully saturated rings. The van der Waals surface area contributed by atoms with E-state index in [9.17, 15) is 0 Å². The summed E-state index contributed by atoms with van der Waals surface area (Å²) in [5, 5.41) is 3.61. The third kappa shape index (κ3) is 1.81. The Hall–Kier alpha value is -0.820. The summed E-state index contributed by atoms with van der Waals surface area (Å²) in [5.41, 5.74) is 3.20. The Labute approximate surface area is 92.9 Å². The lowest BCUT2D eigenvalue weighted by Crippen LogP contribution is -2.37. The fourth-order valence-corrected chi connectivity index (χ4v) is 2.85. The van der Waals surface area contributed by atoms with Crippen molar-refractivity contribution in [1.29, 1.82) is 0 Å². The van der Waals surface area contributed by atoms with E-state index in [0.717, 1.165) is 6.54 Å². The molecule has 2 rings (SSSR count). The van der Waals surface area contributed by atoms with Gasteiger partial charge in [0.2, 0.25) is 0 Å². The van der Waals surface area contributed by atoms with E-state index in [1.165, 1.54) is 24.0 Å². The minimum Gasteiger partial charge on any atom is -0.313 e. The lowest BCUT2D eigenvalue weighted by Gasteiger charge is -2.31. The molecule has 82 valence electrons. The smallest absolute Gasteiger partial charge is 0.0159 e. The van der Waals surface area contributed by atoms with E-state index in [1.54, 1.807) is 0 Å². The molecule has 0 aromatic heterocycles. The second-order valence-corrected chi connectivity index (χ2v) is 4.95. The fraction of sp³-hybridized carbons (Fsp3) is 0.571. The van der Waals surface area contributed by atoms with E-state index in [-0.39, 0.29) is 0 Å². The van der Waals surface area contributed by atoms with Gasteiger partial charge in [-0.25, -0.2) is 0 Å². The van der Waals surface area contributed by atoms with Crippen LogP contribution in [0.3, 0.4) is 0 Å². The maximum Gasteiger partial charge on any atom is 0.0159 e. The average Bonchev–Trinajstić information content (AvgIpc) is 2.61. The van der Waals surface area contributed by atoms with Crippen LogP contribution in [0.25, 0.3) is 0 Å². The number of nitrogens with one attached hydrogen (secondary N) is 1. The highest BCUT2D eigenvalue weighted by Crippen LogP contribution is 2.36. The highest BCUT2D eigenvalue weighted by molar-refractivity contribution is 5.32. The maximum absolute atomic E-state index is 3.61. The Kier molecular flexibility index (Phi) is 2.83. The maximum atomic E-state index is 3.61. The Balaban J connectivity index is 2.36. The summed E-state index contributed by atoms with van der Waals surface area (Å²) in [5.74, 6) is 0. The molecule has 0 spiro atoms. The van der Waals surface area contributed by atoms with Crippen molar-refractivity contribution in [2.75, 3.05) is 6.54 Å². The van der Waals surface area contributed by atoms with Crippen molar-refractivity contribution in [3.05, 3.63) is 35.4 Å². The molecule has 1 nitrogen and oxygen atoms in total. The van der Waals surface area contributed by atoms with Crippen LogP contribution in [0, 0.1) is 6.92 Å². The quantitative estimate of drug-likeness (QED) is 0.779. The molecule has 0 amide bonds. The van der Waals surface area contributed by atoms with Gasteiger partial charge >= 0.3 is 0 Å². The van der Waals surface area contributed by atoms with Crippen LogP contribution in [0.5, 0.6) is 0 Å². The molecule has 1 aromatic carbocycles. The van der Waals surface area contributed by atoms with Crippen LogP contribution in [-0.4, -0.2) is 12.6 Å². The van der Waals surface area contributed by atoms with Crippen molar-refractivity contribution in [3.63, 3.8) is 0 Å². The molecule has 1 heteroatoms. The first kappa shape index (κ1) is 10.7. The van der Waals surface area contributed by atoms with Crippen LogP contribution in [0.15, 0.2) is 24.3 Å². The molecule has 2 unspecified atom stereocenters. The molecule has 1 aromatic rings. The summed E-state index contributed by atoms with van der Waals surface area (Å²) in [6, 6.07) is 9.62. The zero-order valence-corrected chi connectivity index (χ0v) is 10.0. The van der Waals surface area contributed by atoms with E-state index in [0.29, 0.717) is 11.5 Å². The summed E-state index contributed by atoms with van der Waals surface area (Å²) in [7, 11) is 0. The fourth-order valence-electron chi connectivity index (χ4n) is 2.85. The molecule has 1 saturated heterocycles. The zero-order chi connectivity index (χ0) is 10.9. The van der Waals surface area contributed by atoms with Crippen LogP contribution in [0.2, 0.25) is 0 Å². The summed E-state index contributed by atoms with van der Waals surface area (Å²) in [6.07, 6.45) is 2.47. The Morgan fingerprint density at radius 1 is 1.47 bits per heavy atom. The predicted octanol–water partition coefficient (Wildman–Crippen LogP) is 3.02. The first-order chi connectivity index (χ1) is 7.16. The van der Waals surface area contributed by atoms with Crippen LogP contribution < -0.4 is 5.32 Å². The number of aryl methyl sites for hydroxylation is 1. The van der Waals surface area contributed by atoms with Gasteiger partial charge in [0.15, 0.2) is 0 Å². The highest BCUT2D eigenvalue weighted by Gasteiger charge is 2.38. The van der Waals surface area contributed by atoms with Crippen molar-refractivity contribution in [2.24, 2.45) is 0 Å². The molecule has 15 heavy (non-hydrogen) atoms. The minimum absolute atomic E-state index is 0.334. The Bertz CT molecular complexity index is 345. The second-order valence-electron chi connectivity index (χ2n) is 4.95. The summed E-state index contributed by atoms with van der Waals surface area (Å²) in [4.78, 5) is 0. The lowest BCUT2D eigenvalue weighted by atomic mass is 9.75. The molecule has 0 bridgehead atoms. The van der Waals surface area contributed by atoms with Crippen molar-refractivity contribution >= 4 is 0 Å². The van der Waals surface area contributed by atoms with Crippen molar-refractivity contribution in [1.82, 2.24) is 5.32 Å². The molecule has 1 heterocycles. The van der Waals surface area contributed by atoms with E-state index in [1.807, 2.05) is 0 Å². The molecule has 1 aliphatic heterocycles. The normalized spacial score (nSPS) is 30.7. The Morgan fingerprint density at radius 3 is 2.93 bits per heavy atom. The van der Waals surface area contributed by atoms with Gasteiger partial charge < -0.3 is 5.32 Å². The highest BCUT2D eigenvalue weighted by atomic mass is 15.0. The molecular weight excluding hydrogens is 182 g/mol. The number of benzene rings is 1. The molecular formula is C14H21N. The van der Waals surface area contributed by atoms with Gasteiger partial charge in [0, 0.05) is 11.5 Å². The van der Waals surface area contributed by atoms with Gasteiger partial charge in [0.1, 0.15) is 0 Å². The van der Waals surface area contributed by atoms with Gasteiger partial charge in [-0.2, -0.15) is 0 Å². The van der Waals surface area contributed by atoms with E-state index in [2.05, 4.69) is 50.4 Å². The minimum atomic E-state index is 0.334. The second kappa shape index (κ2) is 3.97. The van der Waals surface area contributed by atoms with E-state index >= 15 is 0 Å². The van der Waals surface area contributed by atoms with Gasteiger partial charge in [-0.05, 0) is 31.9 Å². The standard InChI is InChI=1S/C14H21N/c1-4-13-14(3,8-9-15-13)12-7-5-6-11(2)10-12/h5-7,10,13,15H,4,8-9H2,1-3H3. The summed E-state index contributed by atoms with van der Waals surface area (Å²) >= 11 is 0. The van der Waals surface area contributed by atoms with Gasteiger partial charge in [-0.3, -0.25) is 0 Å². The van der Waals surface area contributed by atoms with Crippen LogP contribution in [0.4, 0.5) is 0 Å². The van der Waals surface area contributed by atoms with Crippen LogP contribution >= 0.6 is 0 Å². The third-order valence-electron chi connectivity index (χ3n) is 3.89. The number of rotatable bonds is 2. The van der Waals surface area contributed by atoms with E-state index in [4.69, 9.17) is 0 Å². The van der Waals surface area contributed by atoms with Gasteiger partial charge in [-0.1, -0.05) is 43.7 Å². The Morgan fingerprint density at radius 2 is 2.27 bits per heavy atom. The summed E-state index contributed by atoms with van der Waals surface area (Å²) in [6.45, 7) is 8.01. The van der Waals surface area contributed by atoms with Gasteiger partial charge in [0.05, 0.1) is 0 Å². The number of hydrogen-bond acceptors (Lipinski definition) is 1. The molecule has 0 aliphatic carbocycles. The predicted molar refractivity (Wildman–Crippen MR) is 65.2 cm³/mol. The molecule has 0 radical (unpaired) electrons. The molecule has 0 saturated carbocycles. The van der Waals surface area contributed by atoms with E-state index < -0.39 is 0 Å². The van der Waals surface area contributed by atoms with Gasteiger partial charge in [0.25, 0.3) is 0 Å². The van der Waals surface area contributed by atoms with Crippen molar-refractivity contribution in [3.8, 4) is 0 Å².